The Balaban J connectivity index is 2.52. The molecule has 0 aromatic rings. The summed E-state index contributed by atoms with van der Waals surface area (Å²) in [5.41, 5.74) is 0. The van der Waals surface area contributed by atoms with Crippen molar-refractivity contribution >= 4 is 27.7 Å². The summed E-state index contributed by atoms with van der Waals surface area (Å²) in [6.07, 6.45) is 1.39. The lowest BCUT2D eigenvalue weighted by Crippen LogP contribution is -2.22. The van der Waals surface area contributed by atoms with Crippen LogP contribution < -0.4 is 0 Å². The molecule has 1 rings (SSSR count). The highest BCUT2D eigenvalue weighted by molar-refractivity contribution is 9.09. The average Bonchev–Trinajstić information content (AvgIpc) is 2.08. The summed E-state index contributed by atoms with van der Waals surface area (Å²) in [5.74, 6) is 2.24. The van der Waals surface area contributed by atoms with E-state index in [-0.39, 0.29) is 0 Å². The molecule has 1 heterocycles. The van der Waals surface area contributed by atoms with Crippen LogP contribution in [0, 0.1) is 5.92 Å². The van der Waals surface area contributed by atoms with Gasteiger partial charge in [0.25, 0.3) is 0 Å². The van der Waals surface area contributed by atoms with E-state index in [1.807, 2.05) is 0 Å². The van der Waals surface area contributed by atoms with Crippen LogP contribution in [0.25, 0.3) is 0 Å². The third-order valence-corrected chi connectivity index (χ3v) is 4.41. The standard InChI is InChI=1S/C7H13BrS/c1-7(2)6(5-8)3-4-9-7/h6H,3-5H2,1-2H3. The van der Waals surface area contributed by atoms with Crippen LogP contribution in [0.4, 0.5) is 0 Å². The lowest BCUT2D eigenvalue weighted by Gasteiger charge is -2.23. The highest BCUT2D eigenvalue weighted by Gasteiger charge is 2.33. The normalized spacial score (nSPS) is 33.0. The first-order valence-electron chi connectivity index (χ1n) is 3.37. The molecule has 0 N–H and O–H groups in total. The van der Waals surface area contributed by atoms with E-state index in [9.17, 15) is 0 Å². The molecule has 0 saturated carbocycles. The molecule has 0 spiro atoms. The van der Waals surface area contributed by atoms with Gasteiger partial charge in [-0.05, 0) is 18.1 Å². The van der Waals surface area contributed by atoms with Gasteiger partial charge in [-0.1, -0.05) is 29.8 Å². The van der Waals surface area contributed by atoms with Crippen molar-refractivity contribution < 1.29 is 0 Å². The Labute approximate surface area is 69.9 Å². The molecule has 0 aliphatic carbocycles. The van der Waals surface area contributed by atoms with E-state index in [0.717, 1.165) is 5.92 Å². The van der Waals surface area contributed by atoms with Gasteiger partial charge in [0, 0.05) is 10.1 Å². The quantitative estimate of drug-likeness (QED) is 0.598. The maximum atomic E-state index is 3.54. The van der Waals surface area contributed by atoms with Gasteiger partial charge in [0.1, 0.15) is 0 Å². The van der Waals surface area contributed by atoms with Crippen molar-refractivity contribution in [3.8, 4) is 0 Å². The maximum absolute atomic E-state index is 3.54. The number of hydrogen-bond acceptors (Lipinski definition) is 1. The minimum Gasteiger partial charge on any atom is -0.155 e. The van der Waals surface area contributed by atoms with Crippen molar-refractivity contribution in [3.05, 3.63) is 0 Å². The molecule has 0 nitrogen and oxygen atoms in total. The van der Waals surface area contributed by atoms with Gasteiger partial charge < -0.3 is 0 Å². The minimum absolute atomic E-state index is 0.531. The lowest BCUT2D eigenvalue weighted by atomic mass is 9.95. The van der Waals surface area contributed by atoms with E-state index in [1.54, 1.807) is 0 Å². The summed E-state index contributed by atoms with van der Waals surface area (Å²) >= 11 is 5.64. The minimum atomic E-state index is 0.531. The van der Waals surface area contributed by atoms with Crippen LogP contribution in [0.15, 0.2) is 0 Å². The topological polar surface area (TPSA) is 0 Å². The second kappa shape index (κ2) is 2.83. The third kappa shape index (κ3) is 1.64. The molecule has 1 saturated heterocycles. The number of alkyl halides is 1. The smallest absolute Gasteiger partial charge is 0.0140 e. The van der Waals surface area contributed by atoms with Gasteiger partial charge in [0.15, 0.2) is 0 Å². The Morgan fingerprint density at radius 3 is 2.56 bits per heavy atom. The largest absolute Gasteiger partial charge is 0.155 e. The van der Waals surface area contributed by atoms with Crippen molar-refractivity contribution in [3.63, 3.8) is 0 Å². The predicted molar refractivity (Wildman–Crippen MR) is 48.4 cm³/mol. The molecule has 1 aliphatic heterocycles. The zero-order chi connectivity index (χ0) is 6.91. The van der Waals surface area contributed by atoms with Crippen molar-refractivity contribution in [2.45, 2.75) is 25.0 Å². The van der Waals surface area contributed by atoms with E-state index in [0.29, 0.717) is 4.75 Å². The highest BCUT2D eigenvalue weighted by atomic mass is 79.9. The molecule has 1 atom stereocenters. The van der Waals surface area contributed by atoms with Crippen LogP contribution in [-0.4, -0.2) is 15.8 Å². The fraction of sp³-hybridized carbons (Fsp3) is 1.00. The van der Waals surface area contributed by atoms with Gasteiger partial charge in [-0.15, -0.1) is 0 Å². The second-order valence-electron chi connectivity index (χ2n) is 3.09. The summed E-state index contributed by atoms with van der Waals surface area (Å²) < 4.78 is 0.531. The van der Waals surface area contributed by atoms with Crippen LogP contribution in [0.5, 0.6) is 0 Å². The van der Waals surface area contributed by atoms with E-state index < -0.39 is 0 Å². The average molecular weight is 209 g/mol. The Morgan fingerprint density at radius 2 is 2.33 bits per heavy atom. The fourth-order valence-electron chi connectivity index (χ4n) is 1.19. The molecular weight excluding hydrogens is 196 g/mol. The maximum Gasteiger partial charge on any atom is 0.0140 e. The molecule has 9 heavy (non-hydrogen) atoms. The zero-order valence-electron chi connectivity index (χ0n) is 5.98. The van der Waals surface area contributed by atoms with Crippen molar-refractivity contribution in [1.82, 2.24) is 0 Å². The Morgan fingerprint density at radius 1 is 1.67 bits per heavy atom. The molecule has 0 radical (unpaired) electrons. The number of hydrogen-bond donors (Lipinski definition) is 0. The van der Waals surface area contributed by atoms with E-state index >= 15 is 0 Å². The molecule has 0 aromatic carbocycles. The first kappa shape index (κ1) is 7.93. The number of rotatable bonds is 1. The first-order chi connectivity index (χ1) is 4.17. The first-order valence-corrected chi connectivity index (χ1v) is 5.47. The Bertz CT molecular complexity index is 101. The summed E-state index contributed by atoms with van der Waals surface area (Å²) in [4.78, 5) is 0. The number of halogens is 1. The molecule has 0 aromatic heterocycles. The highest BCUT2D eigenvalue weighted by Crippen LogP contribution is 2.42. The van der Waals surface area contributed by atoms with Gasteiger partial charge >= 0.3 is 0 Å². The van der Waals surface area contributed by atoms with Crippen molar-refractivity contribution in [2.75, 3.05) is 11.1 Å². The van der Waals surface area contributed by atoms with Crippen molar-refractivity contribution in [2.24, 2.45) is 5.92 Å². The zero-order valence-corrected chi connectivity index (χ0v) is 8.39. The molecule has 1 fully saturated rings. The summed E-state index contributed by atoms with van der Waals surface area (Å²) in [6.45, 7) is 4.69. The third-order valence-electron chi connectivity index (χ3n) is 2.11. The van der Waals surface area contributed by atoms with E-state index in [2.05, 4.69) is 41.5 Å². The second-order valence-corrected chi connectivity index (χ2v) is 5.49. The lowest BCUT2D eigenvalue weighted by molar-refractivity contribution is 0.488. The SMILES string of the molecule is CC1(C)SCCC1CBr. The molecule has 0 amide bonds. The molecule has 54 valence electrons. The monoisotopic (exact) mass is 208 g/mol. The van der Waals surface area contributed by atoms with E-state index in [4.69, 9.17) is 0 Å². The Hall–Kier alpha value is 0.830. The van der Waals surface area contributed by atoms with Gasteiger partial charge in [-0.3, -0.25) is 0 Å². The van der Waals surface area contributed by atoms with Crippen molar-refractivity contribution in [1.29, 1.82) is 0 Å². The van der Waals surface area contributed by atoms with E-state index in [1.165, 1.54) is 17.5 Å². The summed E-state index contributed by atoms with van der Waals surface area (Å²) in [6, 6.07) is 0. The van der Waals surface area contributed by atoms with Gasteiger partial charge in [0.05, 0.1) is 0 Å². The molecular formula is C7H13BrS. The predicted octanol–water partition coefficient (Wildman–Crippen LogP) is 2.91. The fourth-order valence-corrected chi connectivity index (χ4v) is 3.91. The van der Waals surface area contributed by atoms with Crippen LogP contribution in [0.1, 0.15) is 20.3 Å². The number of thioether (sulfide) groups is 1. The van der Waals surface area contributed by atoms with Crippen LogP contribution in [0.3, 0.4) is 0 Å². The van der Waals surface area contributed by atoms with Crippen LogP contribution in [0.2, 0.25) is 0 Å². The van der Waals surface area contributed by atoms with Gasteiger partial charge in [0.2, 0.25) is 0 Å². The summed E-state index contributed by atoms with van der Waals surface area (Å²) in [7, 11) is 0. The molecule has 1 unspecified atom stereocenters. The summed E-state index contributed by atoms with van der Waals surface area (Å²) in [5, 5.41) is 1.17. The van der Waals surface area contributed by atoms with Crippen LogP contribution in [-0.2, 0) is 0 Å². The molecule has 1 aliphatic rings. The van der Waals surface area contributed by atoms with Gasteiger partial charge in [-0.25, -0.2) is 0 Å². The van der Waals surface area contributed by atoms with Crippen LogP contribution >= 0.6 is 27.7 Å². The Kier molecular flexibility index (Phi) is 2.49. The molecule has 2 heteroatoms. The van der Waals surface area contributed by atoms with Gasteiger partial charge in [-0.2, -0.15) is 11.8 Å². The molecule has 0 bridgehead atoms.